The third-order valence-corrected chi connectivity index (χ3v) is 2.11. The number of alkyl halides is 1. The molecule has 0 spiro atoms. The maximum atomic E-state index is 13.3. The molecule has 1 unspecified atom stereocenters. The molecule has 1 aromatic rings. The van der Waals surface area contributed by atoms with Crippen molar-refractivity contribution in [3.63, 3.8) is 0 Å². The Morgan fingerprint density at radius 1 is 1.75 bits per heavy atom. The van der Waals surface area contributed by atoms with Crippen molar-refractivity contribution < 1.29 is 4.39 Å². The van der Waals surface area contributed by atoms with Gasteiger partial charge in [-0.3, -0.25) is 0 Å². The largest absolute Gasteiger partial charge is 0.330 e. The SMILES string of the molecule is Cn1nnc(Br)c1C(F)CCN. The van der Waals surface area contributed by atoms with Gasteiger partial charge in [0.1, 0.15) is 11.9 Å². The Morgan fingerprint density at radius 3 is 2.83 bits per heavy atom. The number of hydrogen-bond acceptors (Lipinski definition) is 3. The molecule has 68 valence electrons. The molecule has 1 atom stereocenters. The molecule has 0 saturated carbocycles. The second kappa shape index (κ2) is 3.95. The van der Waals surface area contributed by atoms with Crippen molar-refractivity contribution in [2.75, 3.05) is 6.54 Å². The van der Waals surface area contributed by atoms with Crippen LogP contribution in [0.15, 0.2) is 4.60 Å². The molecule has 0 saturated heterocycles. The summed E-state index contributed by atoms with van der Waals surface area (Å²) >= 11 is 3.11. The summed E-state index contributed by atoms with van der Waals surface area (Å²) in [4.78, 5) is 0. The molecule has 0 aromatic carbocycles. The van der Waals surface area contributed by atoms with Gasteiger partial charge < -0.3 is 5.73 Å². The van der Waals surface area contributed by atoms with Crippen molar-refractivity contribution >= 4 is 15.9 Å². The second-order valence-electron chi connectivity index (χ2n) is 2.43. The number of hydrogen-bond donors (Lipinski definition) is 1. The van der Waals surface area contributed by atoms with E-state index >= 15 is 0 Å². The minimum absolute atomic E-state index is 0.291. The van der Waals surface area contributed by atoms with Crippen LogP contribution in [0.5, 0.6) is 0 Å². The maximum absolute atomic E-state index is 13.3. The predicted octanol–water partition coefficient (Wildman–Crippen LogP) is 0.937. The Hall–Kier alpha value is -0.490. The highest BCUT2D eigenvalue weighted by molar-refractivity contribution is 9.10. The molecular weight excluding hydrogens is 227 g/mol. The smallest absolute Gasteiger partial charge is 0.154 e. The Morgan fingerprint density at radius 2 is 2.42 bits per heavy atom. The molecule has 0 bridgehead atoms. The first kappa shape index (κ1) is 9.60. The third-order valence-electron chi connectivity index (χ3n) is 1.54. The zero-order valence-electron chi connectivity index (χ0n) is 6.67. The zero-order chi connectivity index (χ0) is 9.14. The van der Waals surface area contributed by atoms with Gasteiger partial charge in [-0.1, -0.05) is 5.21 Å². The highest BCUT2D eigenvalue weighted by Crippen LogP contribution is 2.25. The molecule has 0 amide bonds. The molecule has 2 N–H and O–H groups in total. The topological polar surface area (TPSA) is 56.7 Å². The number of rotatable bonds is 3. The van der Waals surface area contributed by atoms with Crippen LogP contribution in [0.4, 0.5) is 4.39 Å². The quantitative estimate of drug-likeness (QED) is 0.850. The summed E-state index contributed by atoms with van der Waals surface area (Å²) in [6.07, 6.45) is -0.802. The van der Waals surface area contributed by atoms with E-state index in [4.69, 9.17) is 5.73 Å². The van der Waals surface area contributed by atoms with E-state index in [1.807, 2.05) is 0 Å². The Bertz CT molecular complexity index is 243. The van der Waals surface area contributed by atoms with Crippen LogP contribution in [0.3, 0.4) is 0 Å². The van der Waals surface area contributed by atoms with E-state index in [1.165, 1.54) is 4.68 Å². The number of halogens is 2. The molecule has 1 aromatic heterocycles. The minimum atomic E-state index is -1.09. The summed E-state index contributed by atoms with van der Waals surface area (Å²) in [7, 11) is 1.65. The summed E-state index contributed by atoms with van der Waals surface area (Å²) < 4.78 is 15.1. The highest BCUT2D eigenvalue weighted by Gasteiger charge is 2.18. The highest BCUT2D eigenvalue weighted by atomic mass is 79.9. The van der Waals surface area contributed by atoms with Gasteiger partial charge in [0.15, 0.2) is 4.60 Å². The zero-order valence-corrected chi connectivity index (χ0v) is 8.25. The van der Waals surface area contributed by atoms with Gasteiger partial charge in [0.25, 0.3) is 0 Å². The minimum Gasteiger partial charge on any atom is -0.330 e. The Labute approximate surface area is 78.1 Å². The van der Waals surface area contributed by atoms with E-state index in [0.717, 1.165) is 0 Å². The molecular formula is C6H10BrFN4. The van der Waals surface area contributed by atoms with Crippen molar-refractivity contribution in [1.29, 1.82) is 0 Å². The molecule has 0 aliphatic heterocycles. The van der Waals surface area contributed by atoms with E-state index in [2.05, 4.69) is 26.2 Å². The lowest BCUT2D eigenvalue weighted by molar-refractivity contribution is 0.309. The van der Waals surface area contributed by atoms with E-state index in [9.17, 15) is 4.39 Å². The van der Waals surface area contributed by atoms with Gasteiger partial charge in [0.05, 0.1) is 0 Å². The van der Waals surface area contributed by atoms with Crippen LogP contribution < -0.4 is 5.73 Å². The maximum Gasteiger partial charge on any atom is 0.154 e. The van der Waals surface area contributed by atoms with Crippen molar-refractivity contribution in [3.05, 3.63) is 10.3 Å². The molecule has 1 rings (SSSR count). The molecule has 0 aliphatic rings. The van der Waals surface area contributed by atoms with Crippen molar-refractivity contribution in [1.82, 2.24) is 15.0 Å². The van der Waals surface area contributed by atoms with Gasteiger partial charge in [-0.2, -0.15) is 0 Å². The van der Waals surface area contributed by atoms with Crippen LogP contribution in [0.2, 0.25) is 0 Å². The average molecular weight is 237 g/mol. The summed E-state index contributed by atoms with van der Waals surface area (Å²) in [5.41, 5.74) is 5.68. The van der Waals surface area contributed by atoms with E-state index < -0.39 is 6.17 Å². The standard InChI is InChI=1S/C6H10BrFN4/c1-12-5(4(8)2-3-9)6(7)10-11-12/h4H,2-3,9H2,1H3. The van der Waals surface area contributed by atoms with Crippen molar-refractivity contribution in [3.8, 4) is 0 Å². The van der Waals surface area contributed by atoms with Crippen LogP contribution in [0, 0.1) is 0 Å². The summed E-state index contributed by atoms with van der Waals surface area (Å²) in [6.45, 7) is 0.318. The van der Waals surface area contributed by atoms with E-state index in [0.29, 0.717) is 23.3 Å². The molecule has 6 heteroatoms. The number of aryl methyl sites for hydroxylation is 1. The summed E-state index contributed by atoms with van der Waals surface area (Å²) in [5.74, 6) is 0. The predicted molar refractivity (Wildman–Crippen MR) is 46.2 cm³/mol. The molecule has 1 heterocycles. The molecule has 0 radical (unpaired) electrons. The van der Waals surface area contributed by atoms with Crippen LogP contribution >= 0.6 is 15.9 Å². The number of aromatic nitrogens is 3. The lowest BCUT2D eigenvalue weighted by Gasteiger charge is -2.05. The van der Waals surface area contributed by atoms with Crippen molar-refractivity contribution in [2.45, 2.75) is 12.6 Å². The summed E-state index contributed by atoms with van der Waals surface area (Å²) in [5, 5.41) is 7.33. The first-order chi connectivity index (χ1) is 5.66. The van der Waals surface area contributed by atoms with Gasteiger partial charge in [0.2, 0.25) is 0 Å². The van der Waals surface area contributed by atoms with Gasteiger partial charge in [-0.15, -0.1) is 5.10 Å². The first-order valence-electron chi connectivity index (χ1n) is 3.56. The normalized spacial score (nSPS) is 13.3. The van der Waals surface area contributed by atoms with Gasteiger partial charge in [-0.05, 0) is 28.9 Å². The first-order valence-corrected chi connectivity index (χ1v) is 4.35. The fourth-order valence-electron chi connectivity index (χ4n) is 0.954. The van der Waals surface area contributed by atoms with E-state index in [1.54, 1.807) is 7.05 Å². The van der Waals surface area contributed by atoms with E-state index in [-0.39, 0.29) is 0 Å². The van der Waals surface area contributed by atoms with Gasteiger partial charge in [-0.25, -0.2) is 9.07 Å². The van der Waals surface area contributed by atoms with Crippen LogP contribution in [0.1, 0.15) is 18.3 Å². The Balaban J connectivity index is 2.85. The fraction of sp³-hybridized carbons (Fsp3) is 0.667. The molecule has 0 aliphatic carbocycles. The van der Waals surface area contributed by atoms with Crippen LogP contribution in [0.25, 0.3) is 0 Å². The lowest BCUT2D eigenvalue weighted by Crippen LogP contribution is -2.08. The van der Waals surface area contributed by atoms with Crippen LogP contribution in [-0.2, 0) is 7.05 Å². The van der Waals surface area contributed by atoms with Gasteiger partial charge >= 0.3 is 0 Å². The summed E-state index contributed by atoms with van der Waals surface area (Å²) in [6, 6.07) is 0. The van der Waals surface area contributed by atoms with Crippen LogP contribution in [-0.4, -0.2) is 21.5 Å². The molecule has 12 heavy (non-hydrogen) atoms. The Kier molecular flexibility index (Phi) is 3.16. The fourth-order valence-corrected chi connectivity index (χ4v) is 1.53. The lowest BCUT2D eigenvalue weighted by atomic mass is 10.2. The monoisotopic (exact) mass is 236 g/mol. The van der Waals surface area contributed by atoms with Gasteiger partial charge in [0, 0.05) is 7.05 Å². The second-order valence-corrected chi connectivity index (χ2v) is 3.19. The van der Waals surface area contributed by atoms with Crippen molar-refractivity contribution in [2.24, 2.45) is 12.8 Å². The molecule has 0 fully saturated rings. The third kappa shape index (κ3) is 1.81. The molecule has 4 nitrogen and oxygen atoms in total. The average Bonchev–Trinajstić information content (AvgIpc) is 2.32. The number of nitrogens with zero attached hydrogens (tertiary/aromatic N) is 3. The number of nitrogens with two attached hydrogens (primary N) is 1.